The van der Waals surface area contributed by atoms with Crippen molar-refractivity contribution >= 4 is 35.8 Å². The zero-order valence-corrected chi connectivity index (χ0v) is 12.4. The van der Waals surface area contributed by atoms with Crippen molar-refractivity contribution in [2.24, 2.45) is 5.73 Å². The van der Waals surface area contributed by atoms with Crippen LogP contribution in [0.2, 0.25) is 0 Å². The first kappa shape index (κ1) is 17.3. The van der Waals surface area contributed by atoms with Gasteiger partial charge in [0.25, 0.3) is 0 Å². The van der Waals surface area contributed by atoms with E-state index in [4.69, 9.17) is 5.73 Å². The van der Waals surface area contributed by atoms with Crippen molar-refractivity contribution in [1.82, 2.24) is 0 Å². The first-order valence-electron chi connectivity index (χ1n) is 5.84. The zero-order valence-electron chi connectivity index (χ0n) is 10.8. The van der Waals surface area contributed by atoms with Crippen molar-refractivity contribution in [2.45, 2.75) is 32.1 Å². The number of nitrogens with two attached hydrogens (primary N) is 1. The molecule has 0 saturated heterocycles. The number of rotatable bonds is 6. The molecule has 0 spiro atoms. The Bertz CT molecular complexity index is 372. The summed E-state index contributed by atoms with van der Waals surface area (Å²) in [6, 6.07) is 7.85. The number of amides is 1. The van der Waals surface area contributed by atoms with Gasteiger partial charge in [0.1, 0.15) is 0 Å². The number of carbonyl (C=O) groups is 1. The monoisotopic (exact) mass is 288 g/mol. The standard InChI is InChI=1S/C13H20N2OS.ClH/c1-3-17-9-11-5-4-6-12(8-11)15-13(16)7-10(2)14;/h4-6,8,10H,3,7,9,14H2,1-2H3,(H,15,16);1H. The lowest BCUT2D eigenvalue weighted by Crippen LogP contribution is -2.23. The number of anilines is 1. The molecule has 18 heavy (non-hydrogen) atoms. The van der Waals surface area contributed by atoms with E-state index < -0.39 is 0 Å². The van der Waals surface area contributed by atoms with Gasteiger partial charge in [-0.1, -0.05) is 19.1 Å². The summed E-state index contributed by atoms with van der Waals surface area (Å²) in [5, 5.41) is 2.86. The highest BCUT2D eigenvalue weighted by atomic mass is 35.5. The van der Waals surface area contributed by atoms with Crippen LogP contribution in [-0.2, 0) is 10.5 Å². The second-order valence-corrected chi connectivity index (χ2v) is 5.34. The fraction of sp³-hybridized carbons (Fsp3) is 0.462. The van der Waals surface area contributed by atoms with Gasteiger partial charge in [-0.15, -0.1) is 12.4 Å². The highest BCUT2D eigenvalue weighted by Crippen LogP contribution is 2.16. The Hall–Kier alpha value is -0.710. The molecule has 0 aliphatic heterocycles. The zero-order chi connectivity index (χ0) is 12.7. The Morgan fingerprint density at radius 1 is 1.50 bits per heavy atom. The van der Waals surface area contributed by atoms with Crippen LogP contribution in [-0.4, -0.2) is 17.7 Å². The SMILES string of the molecule is CCSCc1cccc(NC(=O)CC(C)N)c1.Cl. The highest BCUT2D eigenvalue weighted by molar-refractivity contribution is 7.98. The second kappa shape index (κ2) is 9.25. The number of hydrogen-bond acceptors (Lipinski definition) is 3. The molecular weight excluding hydrogens is 268 g/mol. The Labute approximate surface area is 119 Å². The normalized spacial score (nSPS) is 11.5. The van der Waals surface area contributed by atoms with Gasteiger partial charge in [-0.05, 0) is 30.4 Å². The Kier molecular flexibility index (Phi) is 8.89. The van der Waals surface area contributed by atoms with Gasteiger partial charge in [0.15, 0.2) is 0 Å². The molecule has 3 N–H and O–H groups in total. The maximum atomic E-state index is 11.6. The quantitative estimate of drug-likeness (QED) is 0.846. The molecule has 1 aromatic carbocycles. The molecular formula is C13H21ClN2OS. The lowest BCUT2D eigenvalue weighted by Gasteiger charge is -2.08. The minimum absolute atomic E-state index is 0. The molecule has 1 rings (SSSR count). The van der Waals surface area contributed by atoms with Crippen LogP contribution in [0, 0.1) is 0 Å². The van der Waals surface area contributed by atoms with E-state index in [0.29, 0.717) is 6.42 Å². The Morgan fingerprint density at radius 2 is 2.22 bits per heavy atom. The summed E-state index contributed by atoms with van der Waals surface area (Å²) < 4.78 is 0. The van der Waals surface area contributed by atoms with Crippen LogP contribution in [0.25, 0.3) is 0 Å². The van der Waals surface area contributed by atoms with Gasteiger partial charge in [-0.25, -0.2) is 0 Å². The molecule has 0 radical (unpaired) electrons. The third-order valence-electron chi connectivity index (χ3n) is 2.19. The number of benzene rings is 1. The van der Waals surface area contributed by atoms with Crippen molar-refractivity contribution in [3.8, 4) is 0 Å². The lowest BCUT2D eigenvalue weighted by atomic mass is 10.2. The fourth-order valence-corrected chi connectivity index (χ4v) is 2.08. The summed E-state index contributed by atoms with van der Waals surface area (Å²) in [6.45, 7) is 3.97. The van der Waals surface area contributed by atoms with Crippen LogP contribution in [0.3, 0.4) is 0 Å². The number of hydrogen-bond donors (Lipinski definition) is 2. The summed E-state index contributed by atoms with van der Waals surface area (Å²) >= 11 is 1.87. The number of halogens is 1. The fourth-order valence-electron chi connectivity index (χ4n) is 1.46. The van der Waals surface area contributed by atoms with E-state index >= 15 is 0 Å². The van der Waals surface area contributed by atoms with E-state index in [1.165, 1.54) is 5.56 Å². The predicted octanol–water partition coefficient (Wildman–Crippen LogP) is 3.04. The summed E-state index contributed by atoms with van der Waals surface area (Å²) in [7, 11) is 0. The van der Waals surface area contributed by atoms with E-state index in [1.54, 1.807) is 0 Å². The van der Waals surface area contributed by atoms with E-state index in [2.05, 4.69) is 18.3 Å². The summed E-state index contributed by atoms with van der Waals surface area (Å²) in [4.78, 5) is 11.6. The van der Waals surface area contributed by atoms with E-state index in [9.17, 15) is 4.79 Å². The van der Waals surface area contributed by atoms with Gasteiger partial charge in [0.05, 0.1) is 0 Å². The highest BCUT2D eigenvalue weighted by Gasteiger charge is 2.05. The minimum Gasteiger partial charge on any atom is -0.327 e. The third-order valence-corrected chi connectivity index (χ3v) is 3.14. The largest absolute Gasteiger partial charge is 0.327 e. The van der Waals surface area contributed by atoms with Gasteiger partial charge in [-0.3, -0.25) is 4.79 Å². The maximum absolute atomic E-state index is 11.6. The topological polar surface area (TPSA) is 55.1 Å². The average molecular weight is 289 g/mol. The molecule has 5 heteroatoms. The van der Waals surface area contributed by atoms with Crippen molar-refractivity contribution < 1.29 is 4.79 Å². The van der Waals surface area contributed by atoms with Gasteiger partial charge in [-0.2, -0.15) is 11.8 Å². The molecule has 0 aromatic heterocycles. The summed E-state index contributed by atoms with van der Waals surface area (Å²) in [6.07, 6.45) is 0.355. The first-order chi connectivity index (χ1) is 8.11. The van der Waals surface area contributed by atoms with Crippen molar-refractivity contribution in [3.05, 3.63) is 29.8 Å². The first-order valence-corrected chi connectivity index (χ1v) is 6.99. The molecule has 1 amide bonds. The van der Waals surface area contributed by atoms with Crippen LogP contribution in [0.5, 0.6) is 0 Å². The number of carbonyl (C=O) groups excluding carboxylic acids is 1. The van der Waals surface area contributed by atoms with Gasteiger partial charge in [0, 0.05) is 23.9 Å². The lowest BCUT2D eigenvalue weighted by molar-refractivity contribution is -0.116. The van der Waals surface area contributed by atoms with Crippen molar-refractivity contribution in [1.29, 1.82) is 0 Å². The minimum atomic E-state index is -0.103. The van der Waals surface area contributed by atoms with Crippen LogP contribution >= 0.6 is 24.2 Å². The molecule has 1 unspecified atom stereocenters. The Morgan fingerprint density at radius 3 is 2.83 bits per heavy atom. The van der Waals surface area contributed by atoms with Crippen LogP contribution in [0.4, 0.5) is 5.69 Å². The molecule has 0 aliphatic carbocycles. The molecule has 0 heterocycles. The molecule has 0 saturated carbocycles. The van der Waals surface area contributed by atoms with Crippen molar-refractivity contribution in [2.75, 3.05) is 11.1 Å². The number of thioether (sulfide) groups is 1. The van der Waals surface area contributed by atoms with Crippen LogP contribution < -0.4 is 11.1 Å². The molecule has 1 aromatic rings. The molecule has 0 bridgehead atoms. The number of nitrogens with one attached hydrogen (secondary N) is 1. The van der Waals surface area contributed by atoms with E-state index in [1.807, 2.05) is 36.9 Å². The average Bonchev–Trinajstić information content (AvgIpc) is 2.25. The molecule has 0 fully saturated rings. The molecule has 102 valence electrons. The van der Waals surface area contributed by atoms with E-state index in [-0.39, 0.29) is 24.4 Å². The second-order valence-electron chi connectivity index (χ2n) is 4.07. The van der Waals surface area contributed by atoms with E-state index in [0.717, 1.165) is 17.2 Å². The predicted molar refractivity (Wildman–Crippen MR) is 82.4 cm³/mol. The smallest absolute Gasteiger partial charge is 0.225 e. The van der Waals surface area contributed by atoms with Gasteiger partial charge in [0.2, 0.25) is 5.91 Å². The summed E-state index contributed by atoms with van der Waals surface area (Å²) in [5.74, 6) is 2.05. The van der Waals surface area contributed by atoms with Gasteiger partial charge >= 0.3 is 0 Å². The maximum Gasteiger partial charge on any atom is 0.225 e. The van der Waals surface area contributed by atoms with Crippen molar-refractivity contribution in [3.63, 3.8) is 0 Å². The molecule has 0 aliphatic rings. The van der Waals surface area contributed by atoms with Crippen LogP contribution in [0.15, 0.2) is 24.3 Å². The third kappa shape index (κ3) is 6.89. The summed E-state index contributed by atoms with van der Waals surface area (Å²) in [5.41, 5.74) is 7.66. The van der Waals surface area contributed by atoms with Crippen LogP contribution in [0.1, 0.15) is 25.8 Å². The van der Waals surface area contributed by atoms with Gasteiger partial charge < -0.3 is 11.1 Å². The molecule has 1 atom stereocenters. The Balaban J connectivity index is 0.00000289. The molecule has 3 nitrogen and oxygen atoms in total.